The van der Waals surface area contributed by atoms with Crippen LogP contribution in [0.2, 0.25) is 5.02 Å². The van der Waals surface area contributed by atoms with E-state index in [2.05, 4.69) is 5.92 Å². The van der Waals surface area contributed by atoms with Crippen molar-refractivity contribution < 1.29 is 5.11 Å². The van der Waals surface area contributed by atoms with E-state index in [1.807, 2.05) is 0 Å². The van der Waals surface area contributed by atoms with Gasteiger partial charge in [0, 0.05) is 5.02 Å². The Hall–Kier alpha value is -0.390. The number of hydrogen-bond acceptors (Lipinski definition) is 1. The van der Waals surface area contributed by atoms with Crippen LogP contribution in [-0.2, 0) is 5.60 Å². The van der Waals surface area contributed by atoms with Gasteiger partial charge in [0.1, 0.15) is 0 Å². The molecule has 0 saturated heterocycles. The van der Waals surface area contributed by atoms with Crippen LogP contribution in [0.1, 0.15) is 5.56 Å². The molecule has 0 heterocycles. The van der Waals surface area contributed by atoms with Crippen LogP contribution in [0.4, 0.5) is 0 Å². The van der Waals surface area contributed by atoms with E-state index in [-0.39, 0.29) is 0 Å². The fourth-order valence-corrected chi connectivity index (χ4v) is 1.48. The van der Waals surface area contributed by atoms with Crippen LogP contribution in [0.15, 0.2) is 24.3 Å². The summed E-state index contributed by atoms with van der Waals surface area (Å²) in [4.78, 5) is -1.09. The highest BCUT2D eigenvalue weighted by atomic mass is 35.5. The molecule has 0 fully saturated rings. The van der Waals surface area contributed by atoms with Crippen LogP contribution in [0.5, 0.6) is 0 Å². The Labute approximate surface area is 97.6 Å². The summed E-state index contributed by atoms with van der Waals surface area (Å²) < 4.78 is 0. The maximum atomic E-state index is 9.92. The molecule has 0 aliphatic heterocycles. The van der Waals surface area contributed by atoms with Gasteiger partial charge < -0.3 is 5.11 Å². The van der Waals surface area contributed by atoms with Crippen molar-refractivity contribution in [2.45, 2.75) is 10.4 Å². The summed E-state index contributed by atoms with van der Waals surface area (Å²) in [5.74, 6) is 2.16. The molecule has 1 unspecified atom stereocenters. The van der Waals surface area contributed by atoms with Gasteiger partial charge in [-0.05, 0) is 17.7 Å². The average molecular weight is 250 g/mol. The van der Waals surface area contributed by atoms with Crippen LogP contribution < -0.4 is 0 Å². The molecule has 1 aromatic rings. The number of aliphatic hydroxyl groups is 1. The minimum absolute atomic E-state index is 0.444. The van der Waals surface area contributed by atoms with Gasteiger partial charge >= 0.3 is 0 Å². The molecule has 0 aromatic heterocycles. The Morgan fingerprint density at radius 2 is 1.79 bits per heavy atom. The molecule has 0 aliphatic rings. The fraction of sp³-hybridized carbons (Fsp3) is 0.200. The van der Waals surface area contributed by atoms with Crippen LogP contribution in [0, 0.1) is 12.3 Å². The van der Waals surface area contributed by atoms with Crippen molar-refractivity contribution in [1.82, 2.24) is 0 Å². The summed E-state index contributed by atoms with van der Waals surface area (Å²) in [6.07, 6.45) is 5.18. The first kappa shape index (κ1) is 11.7. The second kappa shape index (κ2) is 4.42. The quantitative estimate of drug-likeness (QED) is 0.631. The lowest BCUT2D eigenvalue weighted by Gasteiger charge is -2.23. The van der Waals surface area contributed by atoms with E-state index < -0.39 is 10.4 Å². The summed E-state index contributed by atoms with van der Waals surface area (Å²) in [5.41, 5.74) is -1.23. The summed E-state index contributed by atoms with van der Waals surface area (Å²) >= 11 is 16.9. The van der Waals surface area contributed by atoms with Gasteiger partial charge in [0.25, 0.3) is 0 Å². The van der Waals surface area contributed by atoms with E-state index in [1.54, 1.807) is 24.3 Å². The Morgan fingerprint density at radius 3 is 2.14 bits per heavy atom. The molecule has 0 radical (unpaired) electrons. The van der Waals surface area contributed by atoms with Gasteiger partial charge in [-0.15, -0.1) is 29.6 Å². The molecule has 1 N–H and O–H groups in total. The summed E-state index contributed by atoms with van der Waals surface area (Å²) in [7, 11) is 0. The van der Waals surface area contributed by atoms with Crippen molar-refractivity contribution in [3.8, 4) is 12.3 Å². The van der Waals surface area contributed by atoms with E-state index in [9.17, 15) is 5.11 Å². The molecular weight excluding hydrogens is 242 g/mol. The van der Waals surface area contributed by atoms with Crippen molar-refractivity contribution in [3.05, 3.63) is 34.9 Å². The van der Waals surface area contributed by atoms with Crippen LogP contribution in [0.3, 0.4) is 0 Å². The zero-order valence-electron chi connectivity index (χ0n) is 7.05. The molecule has 4 heteroatoms. The number of hydrogen-bond donors (Lipinski definition) is 1. The lowest BCUT2D eigenvalue weighted by atomic mass is 9.97. The highest BCUT2D eigenvalue weighted by Crippen LogP contribution is 2.31. The van der Waals surface area contributed by atoms with Gasteiger partial charge in [0.05, 0.1) is 0 Å². The Kier molecular flexibility index (Phi) is 3.69. The third-order valence-electron chi connectivity index (χ3n) is 1.82. The van der Waals surface area contributed by atoms with Crippen molar-refractivity contribution in [1.29, 1.82) is 0 Å². The minimum Gasteiger partial charge on any atom is -0.371 e. The third kappa shape index (κ3) is 2.16. The minimum atomic E-state index is -1.67. The van der Waals surface area contributed by atoms with Gasteiger partial charge in [0.15, 0.2) is 10.4 Å². The summed E-state index contributed by atoms with van der Waals surface area (Å²) in [5, 5.41) is 10.5. The number of terminal acetylenes is 1. The topological polar surface area (TPSA) is 20.2 Å². The van der Waals surface area contributed by atoms with Gasteiger partial charge in [-0.1, -0.05) is 29.7 Å². The van der Waals surface area contributed by atoms with E-state index in [1.165, 1.54) is 0 Å². The second-order valence-electron chi connectivity index (χ2n) is 2.72. The first-order chi connectivity index (χ1) is 6.50. The molecule has 1 rings (SSSR count). The Balaban J connectivity index is 3.15. The number of rotatable bonds is 2. The smallest absolute Gasteiger partial charge is 0.180 e. The lowest BCUT2D eigenvalue weighted by Crippen LogP contribution is -2.30. The van der Waals surface area contributed by atoms with Crippen LogP contribution >= 0.6 is 34.8 Å². The van der Waals surface area contributed by atoms with Crippen LogP contribution in [0.25, 0.3) is 0 Å². The second-order valence-corrected chi connectivity index (χ2v) is 4.25. The average Bonchev–Trinajstić information content (AvgIpc) is 2.17. The molecule has 0 saturated carbocycles. The molecule has 1 atom stereocenters. The zero-order valence-corrected chi connectivity index (χ0v) is 9.31. The van der Waals surface area contributed by atoms with Crippen molar-refractivity contribution in [2.75, 3.05) is 0 Å². The number of alkyl halides is 2. The van der Waals surface area contributed by atoms with Crippen molar-refractivity contribution in [3.63, 3.8) is 0 Å². The first-order valence-electron chi connectivity index (χ1n) is 3.75. The fourth-order valence-electron chi connectivity index (χ4n) is 0.976. The predicted molar refractivity (Wildman–Crippen MR) is 59.7 cm³/mol. The first-order valence-corrected chi connectivity index (χ1v) is 5.00. The molecular formula is C10H7Cl3O. The van der Waals surface area contributed by atoms with E-state index in [0.29, 0.717) is 10.6 Å². The lowest BCUT2D eigenvalue weighted by molar-refractivity contribution is 0.116. The molecule has 0 aliphatic carbocycles. The summed E-state index contributed by atoms with van der Waals surface area (Å²) in [6.45, 7) is 0. The van der Waals surface area contributed by atoms with Gasteiger partial charge in [-0.25, -0.2) is 0 Å². The molecule has 1 nitrogen and oxygen atoms in total. The van der Waals surface area contributed by atoms with E-state index in [4.69, 9.17) is 41.2 Å². The largest absolute Gasteiger partial charge is 0.371 e. The maximum Gasteiger partial charge on any atom is 0.180 e. The third-order valence-corrected chi connectivity index (χ3v) is 2.70. The Bertz CT molecular complexity index is 353. The molecule has 1 aromatic carbocycles. The zero-order chi connectivity index (χ0) is 10.8. The van der Waals surface area contributed by atoms with E-state index in [0.717, 1.165) is 0 Å². The SMILES string of the molecule is C#CC(O)(c1ccc(Cl)cc1)C(Cl)Cl. The Morgan fingerprint density at radius 1 is 1.29 bits per heavy atom. The van der Waals surface area contributed by atoms with E-state index >= 15 is 0 Å². The van der Waals surface area contributed by atoms with Crippen LogP contribution in [-0.4, -0.2) is 9.94 Å². The molecule has 0 bridgehead atoms. The molecule has 14 heavy (non-hydrogen) atoms. The summed E-state index contributed by atoms with van der Waals surface area (Å²) in [6, 6.07) is 6.38. The number of benzene rings is 1. The molecule has 74 valence electrons. The normalized spacial score (nSPS) is 14.9. The van der Waals surface area contributed by atoms with Gasteiger partial charge in [-0.2, -0.15) is 0 Å². The maximum absolute atomic E-state index is 9.92. The predicted octanol–water partition coefficient (Wildman–Crippen LogP) is 2.96. The highest BCUT2D eigenvalue weighted by Gasteiger charge is 2.34. The van der Waals surface area contributed by atoms with Gasteiger partial charge in [0.2, 0.25) is 0 Å². The monoisotopic (exact) mass is 248 g/mol. The van der Waals surface area contributed by atoms with Crippen molar-refractivity contribution >= 4 is 34.8 Å². The highest BCUT2D eigenvalue weighted by molar-refractivity contribution is 6.45. The number of halogens is 3. The standard InChI is InChI=1S/C10H7Cl3O/c1-2-10(14,9(12)13)7-3-5-8(11)6-4-7/h1,3-6,9,14H. The van der Waals surface area contributed by atoms with Crippen molar-refractivity contribution in [2.24, 2.45) is 0 Å². The molecule has 0 amide bonds. The molecule has 0 spiro atoms. The van der Waals surface area contributed by atoms with Gasteiger partial charge in [-0.3, -0.25) is 0 Å².